The highest BCUT2D eigenvalue weighted by atomic mass is 16.4. The van der Waals surface area contributed by atoms with Crippen molar-refractivity contribution < 1.29 is 14.7 Å². The van der Waals surface area contributed by atoms with Crippen molar-refractivity contribution in [3.63, 3.8) is 0 Å². The van der Waals surface area contributed by atoms with E-state index in [1.54, 1.807) is 24.3 Å². The number of hydrogen-bond acceptors (Lipinski definition) is 2. The lowest BCUT2D eigenvalue weighted by atomic mass is 10.2. The number of carbonyl (C=O) groups excluding carboxylic acids is 1. The molecule has 0 aliphatic rings. The third-order valence-corrected chi connectivity index (χ3v) is 2.34. The molecule has 0 bridgehead atoms. The number of benzene rings is 1. The summed E-state index contributed by atoms with van der Waals surface area (Å²) in [6, 6.07) is 8.11. The molecule has 0 fully saturated rings. The van der Waals surface area contributed by atoms with Gasteiger partial charge in [-0.25, -0.2) is 4.79 Å². The molecule has 82 valence electrons. The van der Waals surface area contributed by atoms with Crippen molar-refractivity contribution in [3.8, 4) is 0 Å². The first kappa shape index (κ1) is 10.2. The average molecular weight is 218 g/mol. The van der Waals surface area contributed by atoms with Crippen molar-refractivity contribution >= 4 is 22.9 Å². The number of aromatic nitrogens is 1. The van der Waals surface area contributed by atoms with Gasteiger partial charge in [0.15, 0.2) is 0 Å². The quantitative estimate of drug-likeness (QED) is 0.794. The molecular formula is C11H10N2O3. The van der Waals surface area contributed by atoms with Crippen LogP contribution < -0.4 is 5.73 Å². The zero-order chi connectivity index (χ0) is 11.7. The van der Waals surface area contributed by atoms with Gasteiger partial charge in [-0.15, -0.1) is 0 Å². The average Bonchev–Trinajstić information content (AvgIpc) is 2.53. The van der Waals surface area contributed by atoms with E-state index in [0.717, 1.165) is 5.39 Å². The number of carboxylic acid groups (broad SMARTS) is 1. The van der Waals surface area contributed by atoms with Crippen LogP contribution in [-0.4, -0.2) is 21.7 Å². The fraction of sp³-hybridized carbons (Fsp3) is 0.0909. The zero-order valence-corrected chi connectivity index (χ0v) is 8.38. The Labute approximate surface area is 91.1 Å². The highest BCUT2D eigenvalue weighted by Gasteiger charge is 2.14. The Morgan fingerprint density at radius 1 is 1.31 bits per heavy atom. The summed E-state index contributed by atoms with van der Waals surface area (Å²) in [5.74, 6) is -0.995. The van der Waals surface area contributed by atoms with E-state index in [9.17, 15) is 9.59 Å². The highest BCUT2D eigenvalue weighted by Crippen LogP contribution is 2.19. The predicted octanol–water partition coefficient (Wildman–Crippen LogP) is 1.20. The van der Waals surface area contributed by atoms with Gasteiger partial charge in [0.1, 0.15) is 0 Å². The van der Waals surface area contributed by atoms with Gasteiger partial charge in [0.05, 0.1) is 11.9 Å². The largest absolute Gasteiger partial charge is 0.481 e. The summed E-state index contributed by atoms with van der Waals surface area (Å²) in [6.07, 6.45) is -0.225. The number of carbonyl (C=O) groups is 2. The molecule has 0 aliphatic heterocycles. The summed E-state index contributed by atoms with van der Waals surface area (Å²) in [5.41, 5.74) is 6.25. The Kier molecular flexibility index (Phi) is 2.36. The fourth-order valence-electron chi connectivity index (χ4n) is 1.76. The Bertz CT molecular complexity index is 572. The van der Waals surface area contributed by atoms with Crippen LogP contribution in [0.25, 0.3) is 10.9 Å². The van der Waals surface area contributed by atoms with Crippen LogP contribution in [0.1, 0.15) is 5.69 Å². The second kappa shape index (κ2) is 3.69. The van der Waals surface area contributed by atoms with Gasteiger partial charge in [0.2, 0.25) is 0 Å². The summed E-state index contributed by atoms with van der Waals surface area (Å²) in [5, 5.41) is 9.54. The number of nitrogens with two attached hydrogens (primary N) is 1. The maximum Gasteiger partial charge on any atom is 0.323 e. The van der Waals surface area contributed by atoms with Crippen molar-refractivity contribution in [2.75, 3.05) is 0 Å². The second-order valence-corrected chi connectivity index (χ2v) is 3.44. The molecule has 0 atom stereocenters. The topological polar surface area (TPSA) is 85.3 Å². The van der Waals surface area contributed by atoms with Crippen molar-refractivity contribution in [3.05, 3.63) is 36.0 Å². The molecule has 16 heavy (non-hydrogen) atoms. The van der Waals surface area contributed by atoms with E-state index in [4.69, 9.17) is 10.8 Å². The highest BCUT2D eigenvalue weighted by molar-refractivity contribution is 5.93. The summed E-state index contributed by atoms with van der Waals surface area (Å²) in [4.78, 5) is 21.9. The molecule has 2 aromatic rings. The molecule has 2 rings (SSSR count). The lowest BCUT2D eigenvalue weighted by Crippen LogP contribution is -2.22. The molecule has 0 unspecified atom stereocenters. The number of amides is 1. The number of hydrogen-bond donors (Lipinski definition) is 2. The molecule has 1 aromatic heterocycles. The molecular weight excluding hydrogens is 208 g/mol. The minimum atomic E-state index is -0.995. The number of fused-ring (bicyclic) bond motifs is 1. The van der Waals surface area contributed by atoms with E-state index in [1.165, 1.54) is 4.57 Å². The number of para-hydroxylation sites is 1. The van der Waals surface area contributed by atoms with Crippen molar-refractivity contribution in [2.24, 2.45) is 5.73 Å². The molecule has 0 aliphatic carbocycles. The summed E-state index contributed by atoms with van der Waals surface area (Å²) in [7, 11) is 0. The number of primary amides is 1. The van der Waals surface area contributed by atoms with E-state index >= 15 is 0 Å². The van der Waals surface area contributed by atoms with E-state index < -0.39 is 12.0 Å². The lowest BCUT2D eigenvalue weighted by Gasteiger charge is -2.03. The molecule has 0 saturated heterocycles. The minimum absolute atomic E-state index is 0.225. The fourth-order valence-corrected chi connectivity index (χ4v) is 1.76. The number of nitrogens with zero attached hydrogens (tertiary/aromatic N) is 1. The van der Waals surface area contributed by atoms with Crippen LogP contribution in [0.3, 0.4) is 0 Å². The predicted molar refractivity (Wildman–Crippen MR) is 58.3 cm³/mol. The zero-order valence-electron chi connectivity index (χ0n) is 8.38. The molecule has 1 aromatic carbocycles. The SMILES string of the molecule is NC(=O)n1c(CC(=O)O)cc2ccccc21. The third-order valence-electron chi connectivity index (χ3n) is 2.34. The van der Waals surface area contributed by atoms with Gasteiger partial charge in [0, 0.05) is 11.1 Å². The van der Waals surface area contributed by atoms with E-state index in [-0.39, 0.29) is 6.42 Å². The first-order chi connectivity index (χ1) is 7.59. The standard InChI is InChI=1S/C11H10N2O3/c12-11(16)13-8(6-10(14)15)5-7-3-1-2-4-9(7)13/h1-5H,6H2,(H2,12,16)(H,14,15). The van der Waals surface area contributed by atoms with Gasteiger partial charge in [-0.3, -0.25) is 9.36 Å². The minimum Gasteiger partial charge on any atom is -0.481 e. The van der Waals surface area contributed by atoms with Crippen LogP contribution in [0.15, 0.2) is 30.3 Å². The molecule has 1 amide bonds. The first-order valence-corrected chi connectivity index (χ1v) is 4.70. The number of carboxylic acids is 1. The van der Waals surface area contributed by atoms with Crippen LogP contribution in [-0.2, 0) is 11.2 Å². The monoisotopic (exact) mass is 218 g/mol. The van der Waals surface area contributed by atoms with Crippen molar-refractivity contribution in [2.45, 2.75) is 6.42 Å². The van der Waals surface area contributed by atoms with Gasteiger partial charge in [-0.2, -0.15) is 0 Å². The van der Waals surface area contributed by atoms with Gasteiger partial charge in [0.25, 0.3) is 0 Å². The lowest BCUT2D eigenvalue weighted by molar-refractivity contribution is -0.136. The van der Waals surface area contributed by atoms with Crippen molar-refractivity contribution in [1.29, 1.82) is 0 Å². The molecule has 3 N–H and O–H groups in total. The Morgan fingerprint density at radius 2 is 2.00 bits per heavy atom. The van der Waals surface area contributed by atoms with E-state index in [2.05, 4.69) is 0 Å². The molecule has 0 radical (unpaired) electrons. The molecule has 0 saturated carbocycles. The Morgan fingerprint density at radius 3 is 2.62 bits per heavy atom. The van der Waals surface area contributed by atoms with Crippen LogP contribution >= 0.6 is 0 Å². The Hall–Kier alpha value is -2.30. The molecule has 5 heteroatoms. The Balaban J connectivity index is 2.68. The van der Waals surface area contributed by atoms with Gasteiger partial charge in [-0.05, 0) is 12.1 Å². The van der Waals surface area contributed by atoms with Gasteiger partial charge in [-0.1, -0.05) is 18.2 Å². The maximum atomic E-state index is 11.3. The number of aliphatic carboxylic acids is 1. The van der Waals surface area contributed by atoms with Gasteiger partial charge < -0.3 is 10.8 Å². The molecule has 5 nitrogen and oxygen atoms in total. The summed E-state index contributed by atoms with van der Waals surface area (Å²) in [6.45, 7) is 0. The van der Waals surface area contributed by atoms with E-state index in [0.29, 0.717) is 11.2 Å². The van der Waals surface area contributed by atoms with E-state index in [1.807, 2.05) is 6.07 Å². The van der Waals surface area contributed by atoms with Crippen LogP contribution in [0.5, 0.6) is 0 Å². The molecule has 0 spiro atoms. The molecule has 1 heterocycles. The van der Waals surface area contributed by atoms with Crippen molar-refractivity contribution in [1.82, 2.24) is 4.57 Å². The van der Waals surface area contributed by atoms with Crippen LogP contribution in [0.4, 0.5) is 4.79 Å². The van der Waals surface area contributed by atoms with Crippen LogP contribution in [0, 0.1) is 0 Å². The summed E-state index contributed by atoms with van der Waals surface area (Å²) < 4.78 is 1.23. The maximum absolute atomic E-state index is 11.3. The van der Waals surface area contributed by atoms with Gasteiger partial charge >= 0.3 is 12.0 Å². The normalized spacial score (nSPS) is 10.5. The third kappa shape index (κ3) is 1.63. The number of rotatable bonds is 2. The smallest absolute Gasteiger partial charge is 0.323 e. The first-order valence-electron chi connectivity index (χ1n) is 4.70. The van der Waals surface area contributed by atoms with Crippen LogP contribution in [0.2, 0.25) is 0 Å². The second-order valence-electron chi connectivity index (χ2n) is 3.44. The summed E-state index contributed by atoms with van der Waals surface area (Å²) >= 11 is 0.